The van der Waals surface area contributed by atoms with Crippen molar-refractivity contribution in [2.75, 3.05) is 45.9 Å². The van der Waals surface area contributed by atoms with Gasteiger partial charge in [-0.25, -0.2) is 4.98 Å². The summed E-state index contributed by atoms with van der Waals surface area (Å²) < 4.78 is 5.38. The summed E-state index contributed by atoms with van der Waals surface area (Å²) in [6, 6.07) is 3.73. The molecular weight excluding hydrogens is 384 g/mol. The van der Waals surface area contributed by atoms with Crippen molar-refractivity contribution in [3.8, 4) is 0 Å². The minimum atomic E-state index is -0.212. The topological polar surface area (TPSA) is 101 Å². The number of aromatic nitrogens is 3. The fourth-order valence-electron chi connectivity index (χ4n) is 3.10. The molecule has 1 saturated heterocycles. The van der Waals surface area contributed by atoms with Crippen LogP contribution in [0, 0.1) is 6.92 Å². The van der Waals surface area contributed by atoms with Gasteiger partial charge in [-0.2, -0.15) is 0 Å². The number of morpholine rings is 1. The largest absolute Gasteiger partial charge is 0.379 e. The van der Waals surface area contributed by atoms with E-state index in [9.17, 15) is 9.59 Å². The maximum Gasteiger partial charge on any atom is 0.274 e. The smallest absolute Gasteiger partial charge is 0.274 e. The lowest BCUT2D eigenvalue weighted by molar-refractivity contribution is -0.121. The van der Waals surface area contributed by atoms with Crippen LogP contribution in [-0.4, -0.2) is 82.5 Å². The molecule has 0 unspecified atom stereocenters. The van der Waals surface area contributed by atoms with E-state index in [-0.39, 0.29) is 18.2 Å². The Kier molecular flexibility index (Phi) is 8.22. The SMILES string of the molecule is Cc1cnc(C(=O)N(CCC(=O)NCc2cccnc2)CCN2CCOCC2)cn1. The minimum Gasteiger partial charge on any atom is -0.379 e. The van der Waals surface area contributed by atoms with E-state index in [1.54, 1.807) is 23.5 Å². The number of rotatable bonds is 9. The predicted octanol–water partition coefficient (Wildman–Crippen LogP) is 0.661. The Bertz CT molecular complexity index is 809. The Balaban J connectivity index is 1.55. The van der Waals surface area contributed by atoms with Gasteiger partial charge in [-0.1, -0.05) is 6.07 Å². The van der Waals surface area contributed by atoms with Crippen molar-refractivity contribution in [2.24, 2.45) is 0 Å². The van der Waals surface area contributed by atoms with Crippen LogP contribution in [0.2, 0.25) is 0 Å². The molecule has 9 nitrogen and oxygen atoms in total. The maximum absolute atomic E-state index is 13.0. The summed E-state index contributed by atoms with van der Waals surface area (Å²) in [6.07, 6.45) is 6.69. The van der Waals surface area contributed by atoms with E-state index in [2.05, 4.69) is 25.2 Å². The highest BCUT2D eigenvalue weighted by atomic mass is 16.5. The van der Waals surface area contributed by atoms with E-state index >= 15 is 0 Å². The zero-order valence-corrected chi connectivity index (χ0v) is 17.3. The summed E-state index contributed by atoms with van der Waals surface area (Å²) in [7, 11) is 0. The van der Waals surface area contributed by atoms with Gasteiger partial charge in [0.15, 0.2) is 0 Å². The number of amides is 2. The fraction of sp³-hybridized carbons (Fsp3) is 0.476. The van der Waals surface area contributed by atoms with E-state index in [1.807, 2.05) is 19.1 Å². The van der Waals surface area contributed by atoms with Crippen LogP contribution in [0.3, 0.4) is 0 Å². The second kappa shape index (κ2) is 11.3. The lowest BCUT2D eigenvalue weighted by atomic mass is 10.2. The molecule has 2 amide bonds. The van der Waals surface area contributed by atoms with Crippen LogP contribution in [0.1, 0.15) is 28.2 Å². The molecule has 3 rings (SSSR count). The second-order valence-corrected chi connectivity index (χ2v) is 7.18. The van der Waals surface area contributed by atoms with Gasteiger partial charge in [-0.3, -0.25) is 24.5 Å². The van der Waals surface area contributed by atoms with Gasteiger partial charge < -0.3 is 15.0 Å². The van der Waals surface area contributed by atoms with Crippen molar-refractivity contribution < 1.29 is 14.3 Å². The van der Waals surface area contributed by atoms with Crippen molar-refractivity contribution in [3.63, 3.8) is 0 Å². The summed E-state index contributed by atoms with van der Waals surface area (Å²) in [5.74, 6) is -0.325. The molecule has 0 bridgehead atoms. The lowest BCUT2D eigenvalue weighted by Gasteiger charge is -2.30. The monoisotopic (exact) mass is 412 g/mol. The first-order valence-electron chi connectivity index (χ1n) is 10.2. The van der Waals surface area contributed by atoms with Crippen LogP contribution in [0.4, 0.5) is 0 Å². The van der Waals surface area contributed by atoms with Gasteiger partial charge in [0.25, 0.3) is 5.91 Å². The summed E-state index contributed by atoms with van der Waals surface area (Å²) in [5.41, 5.74) is 1.97. The highest BCUT2D eigenvalue weighted by Crippen LogP contribution is 2.05. The molecule has 2 aromatic heterocycles. The molecule has 1 fully saturated rings. The Morgan fingerprint density at radius 2 is 2.00 bits per heavy atom. The van der Waals surface area contributed by atoms with Gasteiger partial charge in [0, 0.05) is 64.3 Å². The van der Waals surface area contributed by atoms with E-state index in [0.717, 1.165) is 30.9 Å². The highest BCUT2D eigenvalue weighted by molar-refractivity contribution is 5.92. The quantitative estimate of drug-likeness (QED) is 0.646. The summed E-state index contributed by atoms with van der Waals surface area (Å²) in [6.45, 7) is 6.90. The number of carbonyl (C=O) groups is 2. The molecule has 1 N–H and O–H groups in total. The minimum absolute atomic E-state index is 0.113. The first-order chi connectivity index (χ1) is 14.6. The number of nitrogens with one attached hydrogen (secondary N) is 1. The summed E-state index contributed by atoms with van der Waals surface area (Å²) >= 11 is 0. The van der Waals surface area contributed by atoms with Gasteiger partial charge in [-0.05, 0) is 18.6 Å². The molecule has 3 heterocycles. The van der Waals surface area contributed by atoms with Crippen molar-refractivity contribution >= 4 is 11.8 Å². The van der Waals surface area contributed by atoms with Crippen LogP contribution in [0.5, 0.6) is 0 Å². The van der Waals surface area contributed by atoms with E-state index < -0.39 is 0 Å². The maximum atomic E-state index is 13.0. The summed E-state index contributed by atoms with van der Waals surface area (Å²) in [4.78, 5) is 41.6. The fourth-order valence-corrected chi connectivity index (χ4v) is 3.10. The third-order valence-electron chi connectivity index (χ3n) is 4.90. The molecule has 0 aromatic carbocycles. The molecule has 160 valence electrons. The van der Waals surface area contributed by atoms with Crippen molar-refractivity contribution in [3.05, 3.63) is 53.9 Å². The average molecular weight is 412 g/mol. The first kappa shape index (κ1) is 21.8. The molecular formula is C21H28N6O3. The van der Waals surface area contributed by atoms with Crippen LogP contribution in [-0.2, 0) is 16.1 Å². The highest BCUT2D eigenvalue weighted by Gasteiger charge is 2.20. The third kappa shape index (κ3) is 6.85. The molecule has 0 aliphatic carbocycles. The predicted molar refractivity (Wildman–Crippen MR) is 111 cm³/mol. The number of hydrogen-bond acceptors (Lipinski definition) is 7. The zero-order chi connectivity index (χ0) is 21.2. The van der Waals surface area contributed by atoms with Gasteiger partial charge in [-0.15, -0.1) is 0 Å². The molecule has 30 heavy (non-hydrogen) atoms. The van der Waals surface area contributed by atoms with Gasteiger partial charge >= 0.3 is 0 Å². The Hall–Kier alpha value is -2.91. The Labute approximate surface area is 176 Å². The number of aryl methyl sites for hydroxylation is 1. The van der Waals surface area contributed by atoms with E-state index in [4.69, 9.17) is 4.74 Å². The molecule has 1 aliphatic heterocycles. The lowest BCUT2D eigenvalue weighted by Crippen LogP contribution is -2.44. The second-order valence-electron chi connectivity index (χ2n) is 7.18. The molecule has 9 heteroatoms. The average Bonchev–Trinajstić information content (AvgIpc) is 2.79. The molecule has 0 saturated carbocycles. The van der Waals surface area contributed by atoms with Crippen molar-refractivity contribution in [1.82, 2.24) is 30.1 Å². The summed E-state index contributed by atoms with van der Waals surface area (Å²) in [5, 5.41) is 2.87. The van der Waals surface area contributed by atoms with E-state index in [0.29, 0.717) is 38.5 Å². The molecule has 1 aliphatic rings. The number of carbonyl (C=O) groups excluding carboxylic acids is 2. The standard InChI is InChI=1S/C21H28N6O3/c1-17-13-24-19(16-23-17)21(29)27(8-7-26-9-11-30-12-10-26)6-4-20(28)25-15-18-3-2-5-22-14-18/h2-3,5,13-14,16H,4,6-12,15H2,1H3,(H,25,28). The van der Waals surface area contributed by atoms with Gasteiger partial charge in [0.05, 0.1) is 25.1 Å². The van der Waals surface area contributed by atoms with Gasteiger partial charge in [0.1, 0.15) is 5.69 Å². The van der Waals surface area contributed by atoms with Gasteiger partial charge in [0.2, 0.25) is 5.91 Å². The number of ether oxygens (including phenoxy) is 1. The number of pyridine rings is 1. The van der Waals surface area contributed by atoms with Crippen molar-refractivity contribution in [1.29, 1.82) is 0 Å². The molecule has 0 atom stereocenters. The Morgan fingerprint density at radius 1 is 1.17 bits per heavy atom. The number of hydrogen-bond donors (Lipinski definition) is 1. The normalized spacial score (nSPS) is 14.3. The van der Waals surface area contributed by atoms with Crippen LogP contribution < -0.4 is 5.32 Å². The third-order valence-corrected chi connectivity index (χ3v) is 4.90. The van der Waals surface area contributed by atoms with Crippen molar-refractivity contribution in [2.45, 2.75) is 19.9 Å². The van der Waals surface area contributed by atoms with Crippen LogP contribution in [0.25, 0.3) is 0 Å². The van der Waals surface area contributed by atoms with Crippen LogP contribution >= 0.6 is 0 Å². The van der Waals surface area contributed by atoms with E-state index in [1.165, 1.54) is 6.20 Å². The molecule has 0 spiro atoms. The first-order valence-corrected chi connectivity index (χ1v) is 10.2. The molecule has 0 radical (unpaired) electrons. The zero-order valence-electron chi connectivity index (χ0n) is 17.3. The number of nitrogens with zero attached hydrogens (tertiary/aromatic N) is 5. The molecule has 2 aromatic rings. The Morgan fingerprint density at radius 3 is 2.70 bits per heavy atom. The van der Waals surface area contributed by atoms with Crippen LogP contribution in [0.15, 0.2) is 36.9 Å².